The van der Waals surface area contributed by atoms with Crippen molar-refractivity contribution in [1.29, 1.82) is 0 Å². The van der Waals surface area contributed by atoms with Crippen LogP contribution in [0.2, 0.25) is 0 Å². The van der Waals surface area contributed by atoms with Crippen LogP contribution in [0.1, 0.15) is 12.0 Å². The van der Waals surface area contributed by atoms with Crippen LogP contribution in [0, 0.1) is 6.92 Å². The van der Waals surface area contributed by atoms with E-state index in [0.717, 1.165) is 5.01 Å². The molecule has 1 aliphatic rings. The first-order valence-electron chi connectivity index (χ1n) is 4.93. The molecule has 0 radical (unpaired) electrons. The third-order valence-electron chi connectivity index (χ3n) is 2.45. The van der Waals surface area contributed by atoms with Crippen molar-refractivity contribution in [2.45, 2.75) is 19.5 Å². The third kappa shape index (κ3) is 2.15. The van der Waals surface area contributed by atoms with Crippen molar-refractivity contribution < 1.29 is 18.0 Å². The van der Waals surface area contributed by atoms with Crippen LogP contribution in [0.5, 0.6) is 0 Å². The zero-order valence-electron chi connectivity index (χ0n) is 8.95. The molecule has 1 aliphatic heterocycles. The Kier molecular flexibility index (Phi) is 2.65. The van der Waals surface area contributed by atoms with Crippen molar-refractivity contribution in [1.82, 2.24) is 0 Å². The van der Waals surface area contributed by atoms with E-state index in [2.05, 4.69) is 5.10 Å². The molecule has 6 heteroatoms. The molecular weight excluding hydrogens is 233 g/mol. The largest absolute Gasteiger partial charge is 0.431 e. The second-order valence-corrected chi connectivity index (χ2v) is 3.71. The van der Waals surface area contributed by atoms with Gasteiger partial charge in [0.05, 0.1) is 12.1 Å². The lowest BCUT2D eigenvalue weighted by molar-refractivity contribution is -0.117. The van der Waals surface area contributed by atoms with Gasteiger partial charge in [0.2, 0.25) is 0 Å². The standard InChI is InChI=1S/C11H9F3N2O/c1-7-4-2-3-5-8(7)16-10(17)6-9(15-16)11(12,13)14/h2-5H,6H2,1H3. The average Bonchev–Trinajstić information content (AvgIpc) is 2.61. The van der Waals surface area contributed by atoms with Crippen molar-refractivity contribution in [3.63, 3.8) is 0 Å². The van der Waals surface area contributed by atoms with E-state index in [1.807, 2.05) is 0 Å². The highest BCUT2D eigenvalue weighted by atomic mass is 19.4. The molecule has 2 rings (SSSR count). The van der Waals surface area contributed by atoms with Crippen molar-refractivity contribution in [2.24, 2.45) is 5.10 Å². The van der Waals surface area contributed by atoms with Gasteiger partial charge in [0, 0.05) is 0 Å². The van der Waals surface area contributed by atoms with Gasteiger partial charge in [0.1, 0.15) is 0 Å². The number of nitrogens with zero attached hydrogens (tertiary/aromatic N) is 2. The molecular formula is C11H9F3N2O. The van der Waals surface area contributed by atoms with E-state index in [0.29, 0.717) is 11.3 Å². The molecule has 0 spiro atoms. The van der Waals surface area contributed by atoms with Gasteiger partial charge in [-0.15, -0.1) is 0 Å². The molecule has 0 N–H and O–H groups in total. The number of carbonyl (C=O) groups excluding carboxylic acids is 1. The number of carbonyl (C=O) groups is 1. The van der Waals surface area contributed by atoms with E-state index in [1.54, 1.807) is 31.2 Å². The summed E-state index contributed by atoms with van der Waals surface area (Å²) in [5.74, 6) is -0.661. The quantitative estimate of drug-likeness (QED) is 0.745. The summed E-state index contributed by atoms with van der Waals surface area (Å²) in [7, 11) is 0. The number of hydrogen-bond donors (Lipinski definition) is 0. The second-order valence-electron chi connectivity index (χ2n) is 3.71. The number of para-hydroxylation sites is 1. The molecule has 1 amide bonds. The monoisotopic (exact) mass is 242 g/mol. The molecule has 0 aromatic heterocycles. The fourth-order valence-electron chi connectivity index (χ4n) is 1.58. The number of aryl methyl sites for hydroxylation is 1. The summed E-state index contributed by atoms with van der Waals surface area (Å²) in [6.45, 7) is 1.71. The van der Waals surface area contributed by atoms with E-state index in [1.165, 1.54) is 0 Å². The van der Waals surface area contributed by atoms with Gasteiger partial charge in [-0.25, -0.2) is 0 Å². The summed E-state index contributed by atoms with van der Waals surface area (Å²) in [6, 6.07) is 6.67. The second kappa shape index (κ2) is 3.87. The zero-order chi connectivity index (χ0) is 12.6. The number of anilines is 1. The molecule has 0 unspecified atom stereocenters. The van der Waals surface area contributed by atoms with Gasteiger partial charge in [0.15, 0.2) is 5.71 Å². The molecule has 17 heavy (non-hydrogen) atoms. The topological polar surface area (TPSA) is 32.7 Å². The van der Waals surface area contributed by atoms with E-state index < -0.39 is 24.2 Å². The molecule has 1 aromatic rings. The molecule has 1 heterocycles. The van der Waals surface area contributed by atoms with Crippen LogP contribution in [0.3, 0.4) is 0 Å². The van der Waals surface area contributed by atoms with E-state index in [9.17, 15) is 18.0 Å². The lowest BCUT2D eigenvalue weighted by atomic mass is 10.2. The molecule has 0 aliphatic carbocycles. The Hall–Kier alpha value is -1.85. The number of halogens is 3. The van der Waals surface area contributed by atoms with Gasteiger partial charge in [-0.05, 0) is 18.6 Å². The third-order valence-corrected chi connectivity index (χ3v) is 2.45. The maximum atomic E-state index is 12.4. The van der Waals surface area contributed by atoms with Crippen molar-refractivity contribution in [3.8, 4) is 0 Å². The van der Waals surface area contributed by atoms with Crippen LogP contribution in [-0.2, 0) is 4.79 Å². The minimum atomic E-state index is -4.55. The fourth-order valence-corrected chi connectivity index (χ4v) is 1.58. The number of hydrazone groups is 1. The molecule has 0 saturated heterocycles. The minimum absolute atomic E-state index is 0.386. The van der Waals surface area contributed by atoms with Gasteiger partial charge in [-0.2, -0.15) is 23.3 Å². The van der Waals surface area contributed by atoms with Crippen LogP contribution in [0.15, 0.2) is 29.4 Å². The van der Waals surface area contributed by atoms with Gasteiger partial charge < -0.3 is 0 Å². The maximum Gasteiger partial charge on any atom is 0.431 e. The fraction of sp³-hybridized carbons (Fsp3) is 0.273. The maximum absolute atomic E-state index is 12.4. The number of rotatable bonds is 1. The molecule has 0 bridgehead atoms. The van der Waals surface area contributed by atoms with Crippen molar-refractivity contribution in [3.05, 3.63) is 29.8 Å². The van der Waals surface area contributed by atoms with Crippen LogP contribution >= 0.6 is 0 Å². The highest BCUT2D eigenvalue weighted by Gasteiger charge is 2.42. The highest BCUT2D eigenvalue weighted by Crippen LogP contribution is 2.29. The lowest BCUT2D eigenvalue weighted by Gasteiger charge is -2.13. The molecule has 0 saturated carbocycles. The molecule has 0 fully saturated rings. The van der Waals surface area contributed by atoms with Crippen LogP contribution < -0.4 is 5.01 Å². The molecule has 1 aromatic carbocycles. The summed E-state index contributed by atoms with van der Waals surface area (Å²) in [5.41, 5.74) is 0.0375. The predicted molar refractivity (Wildman–Crippen MR) is 56.8 cm³/mol. The number of benzene rings is 1. The first-order valence-corrected chi connectivity index (χ1v) is 4.93. The Morgan fingerprint density at radius 2 is 1.94 bits per heavy atom. The number of hydrogen-bond acceptors (Lipinski definition) is 2. The normalized spacial score (nSPS) is 16.4. The van der Waals surface area contributed by atoms with Gasteiger partial charge in [-0.1, -0.05) is 18.2 Å². The molecule has 3 nitrogen and oxygen atoms in total. The summed E-state index contributed by atoms with van der Waals surface area (Å²) < 4.78 is 37.2. The predicted octanol–water partition coefficient (Wildman–Crippen LogP) is 2.65. The zero-order valence-corrected chi connectivity index (χ0v) is 8.95. The Bertz CT molecular complexity index is 494. The van der Waals surface area contributed by atoms with E-state index in [-0.39, 0.29) is 0 Å². The van der Waals surface area contributed by atoms with E-state index >= 15 is 0 Å². The number of alkyl halides is 3. The Labute approximate surface area is 95.5 Å². The van der Waals surface area contributed by atoms with Gasteiger partial charge >= 0.3 is 6.18 Å². The Morgan fingerprint density at radius 3 is 2.47 bits per heavy atom. The Morgan fingerprint density at radius 1 is 1.29 bits per heavy atom. The smallest absolute Gasteiger partial charge is 0.272 e. The lowest BCUT2D eigenvalue weighted by Crippen LogP contribution is -2.22. The first kappa shape index (κ1) is 11.6. The first-order chi connectivity index (χ1) is 7.89. The van der Waals surface area contributed by atoms with Crippen molar-refractivity contribution in [2.75, 3.05) is 5.01 Å². The summed E-state index contributed by atoms with van der Waals surface area (Å²) >= 11 is 0. The van der Waals surface area contributed by atoms with Gasteiger partial charge in [0.25, 0.3) is 5.91 Å². The summed E-state index contributed by atoms with van der Waals surface area (Å²) in [5, 5.41) is 4.16. The minimum Gasteiger partial charge on any atom is -0.272 e. The van der Waals surface area contributed by atoms with Gasteiger partial charge in [-0.3, -0.25) is 4.79 Å². The van der Waals surface area contributed by atoms with Crippen LogP contribution in [-0.4, -0.2) is 17.8 Å². The summed E-state index contributed by atoms with van der Waals surface area (Å²) in [6.07, 6.45) is -5.25. The van der Waals surface area contributed by atoms with E-state index in [4.69, 9.17) is 0 Å². The summed E-state index contributed by atoms with van der Waals surface area (Å²) in [4.78, 5) is 11.5. The number of amides is 1. The average molecular weight is 242 g/mol. The van der Waals surface area contributed by atoms with Crippen molar-refractivity contribution >= 4 is 17.3 Å². The van der Waals surface area contributed by atoms with Crippen LogP contribution in [0.4, 0.5) is 18.9 Å². The molecule has 90 valence electrons. The molecule has 0 atom stereocenters. The SMILES string of the molecule is Cc1ccccc1N1N=C(C(F)(F)F)CC1=O. The van der Waals surface area contributed by atoms with Crippen LogP contribution in [0.25, 0.3) is 0 Å². The highest BCUT2D eigenvalue weighted by molar-refractivity contribution is 6.15. The Balaban J connectivity index is 2.38.